The number of aliphatic imine (C=N–C) groups is 1. The van der Waals surface area contributed by atoms with Crippen LogP contribution in [0.1, 0.15) is 32.4 Å². The zero-order chi connectivity index (χ0) is 16.7. The van der Waals surface area contributed by atoms with Crippen LogP contribution < -0.4 is 5.43 Å². The minimum Gasteiger partial charge on any atom is -0.293 e. The Kier molecular flexibility index (Phi) is 5.80. The van der Waals surface area contributed by atoms with Crippen LogP contribution in [0.15, 0.2) is 70.8 Å². The van der Waals surface area contributed by atoms with Gasteiger partial charge in [-0.2, -0.15) is 5.10 Å². The van der Waals surface area contributed by atoms with Crippen LogP contribution in [0.3, 0.4) is 0 Å². The van der Waals surface area contributed by atoms with Crippen molar-refractivity contribution in [2.24, 2.45) is 10.1 Å². The van der Waals surface area contributed by atoms with Crippen LogP contribution in [0.5, 0.6) is 0 Å². The number of carbonyl (C=O) groups excluding carboxylic acids is 1. The second-order valence-electron chi connectivity index (χ2n) is 5.30. The van der Waals surface area contributed by atoms with E-state index in [1.807, 2.05) is 74.5 Å². The monoisotopic (exact) mass is 307 g/mol. The molecule has 118 valence electrons. The lowest BCUT2D eigenvalue weighted by Crippen LogP contribution is -2.21. The highest BCUT2D eigenvalue weighted by atomic mass is 16.1. The molecule has 1 atom stereocenters. The number of hydrazone groups is 1. The first kappa shape index (κ1) is 16.6. The molecule has 23 heavy (non-hydrogen) atoms. The highest BCUT2D eigenvalue weighted by Crippen LogP contribution is 2.16. The van der Waals surface area contributed by atoms with Crippen molar-refractivity contribution in [1.29, 1.82) is 0 Å². The molecule has 0 spiro atoms. The van der Waals surface area contributed by atoms with E-state index >= 15 is 0 Å². The Bertz CT molecular complexity index is 706. The third kappa shape index (κ3) is 4.88. The predicted octanol–water partition coefficient (Wildman–Crippen LogP) is 4.27. The van der Waals surface area contributed by atoms with Crippen molar-refractivity contribution in [3.8, 4) is 0 Å². The number of Topliss-reactive ketones (excluding diaryl/α,β-unsaturated/α-hetero) is 1. The Hall–Kier alpha value is -2.75. The quantitative estimate of drug-likeness (QED) is 0.640. The van der Waals surface area contributed by atoms with E-state index in [-0.39, 0.29) is 11.8 Å². The minimum absolute atomic E-state index is 0.0301. The topological polar surface area (TPSA) is 53.8 Å². The highest BCUT2D eigenvalue weighted by Gasteiger charge is 2.12. The van der Waals surface area contributed by atoms with E-state index in [9.17, 15) is 4.79 Å². The maximum atomic E-state index is 11.9. The molecular formula is C19H21N3O. The number of hydrogen-bond acceptors (Lipinski definition) is 4. The molecule has 1 N–H and O–H groups in total. The van der Waals surface area contributed by atoms with Gasteiger partial charge in [-0.05, 0) is 31.5 Å². The second kappa shape index (κ2) is 8.03. The number of rotatable bonds is 6. The Balaban J connectivity index is 2.19. The number of nitrogens with zero attached hydrogens (tertiary/aromatic N) is 2. The first-order valence-electron chi connectivity index (χ1n) is 7.57. The molecule has 0 aliphatic rings. The molecule has 4 heteroatoms. The normalized spacial score (nSPS) is 13.5. The van der Waals surface area contributed by atoms with Crippen LogP contribution in [0.4, 0.5) is 5.69 Å². The number of hydrogen-bond donors (Lipinski definition) is 1. The molecule has 4 nitrogen and oxygen atoms in total. The number of nitrogens with one attached hydrogen (secondary N) is 1. The fraction of sp³-hybridized carbons (Fsp3) is 0.211. The number of anilines is 1. The summed E-state index contributed by atoms with van der Waals surface area (Å²) in [4.78, 5) is 16.5. The van der Waals surface area contributed by atoms with Gasteiger partial charge in [0.05, 0.1) is 17.4 Å². The molecule has 0 aliphatic carbocycles. The van der Waals surface area contributed by atoms with Gasteiger partial charge in [-0.25, -0.2) is 0 Å². The molecule has 0 bridgehead atoms. The fourth-order valence-electron chi connectivity index (χ4n) is 2.21. The van der Waals surface area contributed by atoms with E-state index in [1.165, 1.54) is 6.92 Å². The molecule has 2 rings (SSSR count). The summed E-state index contributed by atoms with van der Waals surface area (Å²) >= 11 is 0. The van der Waals surface area contributed by atoms with Gasteiger partial charge in [0.15, 0.2) is 5.78 Å². The molecular weight excluding hydrogens is 286 g/mol. The molecule has 0 aliphatic heterocycles. The molecule has 2 aromatic carbocycles. The number of ketones is 1. The van der Waals surface area contributed by atoms with Gasteiger partial charge in [-0.1, -0.05) is 48.5 Å². The zero-order valence-corrected chi connectivity index (χ0v) is 13.7. The summed E-state index contributed by atoms with van der Waals surface area (Å²) in [7, 11) is 0. The maximum absolute atomic E-state index is 11.9. The van der Waals surface area contributed by atoms with Crippen molar-refractivity contribution in [1.82, 2.24) is 0 Å². The molecule has 0 unspecified atom stereocenters. The van der Waals surface area contributed by atoms with E-state index in [1.54, 1.807) is 0 Å². The molecule has 0 saturated carbocycles. The molecule has 2 aromatic rings. The summed E-state index contributed by atoms with van der Waals surface area (Å²) in [5, 5.41) is 4.23. The van der Waals surface area contributed by atoms with E-state index in [2.05, 4.69) is 15.5 Å². The largest absolute Gasteiger partial charge is 0.293 e. The number of benzene rings is 2. The van der Waals surface area contributed by atoms with Gasteiger partial charge in [0.25, 0.3) is 0 Å². The average Bonchev–Trinajstić information content (AvgIpc) is 2.56. The van der Waals surface area contributed by atoms with Gasteiger partial charge in [0.2, 0.25) is 0 Å². The van der Waals surface area contributed by atoms with Crippen LogP contribution >= 0.6 is 0 Å². The van der Waals surface area contributed by atoms with Crippen molar-refractivity contribution < 1.29 is 4.79 Å². The summed E-state index contributed by atoms with van der Waals surface area (Å²) in [6.45, 7) is 5.31. The van der Waals surface area contributed by atoms with E-state index in [4.69, 9.17) is 0 Å². The van der Waals surface area contributed by atoms with E-state index in [0.717, 1.165) is 11.3 Å². The first-order valence-corrected chi connectivity index (χ1v) is 7.57. The third-order valence-corrected chi connectivity index (χ3v) is 3.42. The third-order valence-electron chi connectivity index (χ3n) is 3.42. The van der Waals surface area contributed by atoms with E-state index in [0.29, 0.717) is 11.4 Å². The van der Waals surface area contributed by atoms with Crippen molar-refractivity contribution in [2.45, 2.75) is 26.8 Å². The SMILES string of the molecule is CC(=O)/C(=N\Nc1ccccc1)C(C)=N[C@H](C)c1ccccc1. The molecule has 0 amide bonds. The zero-order valence-electron chi connectivity index (χ0n) is 13.7. The first-order chi connectivity index (χ1) is 11.1. The Morgan fingerprint density at radius 3 is 2.09 bits per heavy atom. The highest BCUT2D eigenvalue weighted by molar-refractivity contribution is 6.66. The average molecular weight is 307 g/mol. The maximum Gasteiger partial charge on any atom is 0.181 e. The van der Waals surface area contributed by atoms with Gasteiger partial charge in [0.1, 0.15) is 5.71 Å². The van der Waals surface area contributed by atoms with Crippen molar-refractivity contribution >= 4 is 22.9 Å². The summed E-state index contributed by atoms with van der Waals surface area (Å²) < 4.78 is 0. The van der Waals surface area contributed by atoms with Gasteiger partial charge in [-0.3, -0.25) is 15.2 Å². The standard InChI is InChI=1S/C19H21N3O/c1-14(17-10-6-4-7-11-17)20-15(2)19(16(3)23)22-21-18-12-8-5-9-13-18/h4-14,21H,1-3H3/b20-15?,22-19-/t14-/m1/s1. The van der Waals surface area contributed by atoms with Gasteiger partial charge < -0.3 is 0 Å². The van der Waals surface area contributed by atoms with Gasteiger partial charge >= 0.3 is 0 Å². The molecule has 0 fully saturated rings. The van der Waals surface area contributed by atoms with Crippen LogP contribution in [0.2, 0.25) is 0 Å². The van der Waals surface area contributed by atoms with Gasteiger partial charge in [-0.15, -0.1) is 0 Å². The Labute approximate surface area is 137 Å². The number of carbonyl (C=O) groups is 1. The molecule has 0 saturated heterocycles. The van der Waals surface area contributed by atoms with Gasteiger partial charge in [0, 0.05) is 6.92 Å². The second-order valence-corrected chi connectivity index (χ2v) is 5.30. The Morgan fingerprint density at radius 1 is 0.957 bits per heavy atom. The lowest BCUT2D eigenvalue weighted by atomic mass is 10.1. The minimum atomic E-state index is -0.116. The van der Waals surface area contributed by atoms with Crippen LogP contribution in [0, 0.1) is 0 Å². The van der Waals surface area contributed by atoms with Crippen molar-refractivity contribution in [3.05, 3.63) is 66.2 Å². The molecule has 0 heterocycles. The van der Waals surface area contributed by atoms with E-state index < -0.39 is 0 Å². The fourth-order valence-corrected chi connectivity index (χ4v) is 2.21. The summed E-state index contributed by atoms with van der Waals surface area (Å²) in [6.07, 6.45) is 0. The van der Waals surface area contributed by atoms with Crippen molar-refractivity contribution in [2.75, 3.05) is 5.43 Å². The smallest absolute Gasteiger partial charge is 0.181 e. The summed E-state index contributed by atoms with van der Waals surface area (Å²) in [5.41, 5.74) is 5.80. The molecule has 0 aromatic heterocycles. The summed E-state index contributed by atoms with van der Waals surface area (Å²) in [6, 6.07) is 19.5. The Morgan fingerprint density at radius 2 is 1.52 bits per heavy atom. The predicted molar refractivity (Wildman–Crippen MR) is 96.1 cm³/mol. The number of para-hydroxylation sites is 1. The van der Waals surface area contributed by atoms with Crippen molar-refractivity contribution in [3.63, 3.8) is 0 Å². The van der Waals surface area contributed by atoms with Crippen LogP contribution in [-0.4, -0.2) is 17.2 Å². The lowest BCUT2D eigenvalue weighted by Gasteiger charge is -2.10. The lowest BCUT2D eigenvalue weighted by molar-refractivity contribution is -0.110. The summed E-state index contributed by atoms with van der Waals surface area (Å²) in [5.74, 6) is -0.116. The molecule has 0 radical (unpaired) electrons. The van der Waals surface area contributed by atoms with Crippen LogP contribution in [-0.2, 0) is 4.79 Å². The van der Waals surface area contributed by atoms with Crippen LogP contribution in [0.25, 0.3) is 0 Å².